The summed E-state index contributed by atoms with van der Waals surface area (Å²) in [5.41, 5.74) is 0.642. The highest BCUT2D eigenvalue weighted by molar-refractivity contribution is 5.49. The summed E-state index contributed by atoms with van der Waals surface area (Å²) in [7, 11) is 0. The molecule has 0 amide bonds. The van der Waals surface area contributed by atoms with Crippen molar-refractivity contribution < 1.29 is 4.74 Å². The Bertz CT molecular complexity index is 792. The number of anilines is 3. The van der Waals surface area contributed by atoms with E-state index in [-0.39, 0.29) is 0 Å². The van der Waals surface area contributed by atoms with Gasteiger partial charge in [0.15, 0.2) is 0 Å². The number of piperazine rings is 1. The summed E-state index contributed by atoms with van der Waals surface area (Å²) in [6, 6.07) is 7.71. The minimum absolute atomic E-state index is 0.642. The van der Waals surface area contributed by atoms with E-state index in [4.69, 9.17) is 15.0 Å². The zero-order valence-electron chi connectivity index (χ0n) is 14.6. The molecule has 4 heterocycles. The number of nitrogens with zero attached hydrogens (tertiary/aromatic N) is 7. The Kier molecular flexibility index (Phi) is 4.80. The molecular formula is C18H21N7O. The molecule has 2 aromatic rings. The van der Waals surface area contributed by atoms with Crippen LogP contribution in [0.4, 0.5) is 17.6 Å². The number of morpholine rings is 1. The maximum absolute atomic E-state index is 9.05. The first-order chi connectivity index (χ1) is 12.8. The van der Waals surface area contributed by atoms with Gasteiger partial charge in [-0.1, -0.05) is 0 Å². The van der Waals surface area contributed by atoms with E-state index in [0.717, 1.165) is 70.1 Å². The van der Waals surface area contributed by atoms with Crippen molar-refractivity contribution in [3.05, 3.63) is 36.2 Å². The molecule has 0 radical (unpaired) electrons. The minimum Gasteiger partial charge on any atom is -0.378 e. The average molecular weight is 351 g/mol. The molecule has 4 rings (SSSR count). The SMILES string of the molecule is N#Cc1ccnc(N2CCN(c3ccnc(N4CCOCC4)n3)CC2)c1. The third-order valence-electron chi connectivity index (χ3n) is 4.72. The van der Waals surface area contributed by atoms with E-state index in [1.807, 2.05) is 18.3 Å². The molecule has 2 aromatic heterocycles. The van der Waals surface area contributed by atoms with Gasteiger partial charge in [-0.2, -0.15) is 10.2 Å². The Labute approximate surface area is 152 Å². The van der Waals surface area contributed by atoms with Gasteiger partial charge in [-0.05, 0) is 18.2 Å². The summed E-state index contributed by atoms with van der Waals surface area (Å²) in [5, 5.41) is 9.05. The van der Waals surface area contributed by atoms with E-state index in [0.29, 0.717) is 5.56 Å². The number of nitriles is 1. The van der Waals surface area contributed by atoms with Crippen molar-refractivity contribution in [1.29, 1.82) is 5.26 Å². The van der Waals surface area contributed by atoms with Gasteiger partial charge < -0.3 is 19.4 Å². The summed E-state index contributed by atoms with van der Waals surface area (Å²) in [4.78, 5) is 20.2. The van der Waals surface area contributed by atoms with Gasteiger partial charge in [0.25, 0.3) is 0 Å². The summed E-state index contributed by atoms with van der Waals surface area (Å²) < 4.78 is 5.40. The summed E-state index contributed by atoms with van der Waals surface area (Å²) in [5.74, 6) is 2.59. The van der Waals surface area contributed by atoms with E-state index >= 15 is 0 Å². The molecule has 2 aliphatic rings. The lowest BCUT2D eigenvalue weighted by atomic mass is 10.2. The molecule has 0 aliphatic carbocycles. The summed E-state index contributed by atoms with van der Waals surface area (Å²) in [6.07, 6.45) is 3.52. The third kappa shape index (κ3) is 3.53. The molecule has 0 atom stereocenters. The standard InChI is InChI=1S/C18H21N7O/c19-14-15-1-3-20-17(13-15)24-7-5-23(6-8-24)16-2-4-21-18(22-16)25-9-11-26-12-10-25/h1-4,13H,5-12H2. The molecule has 2 saturated heterocycles. The lowest BCUT2D eigenvalue weighted by Crippen LogP contribution is -2.47. The van der Waals surface area contributed by atoms with Crippen molar-refractivity contribution in [3.8, 4) is 6.07 Å². The van der Waals surface area contributed by atoms with E-state index in [1.165, 1.54) is 0 Å². The molecule has 0 N–H and O–H groups in total. The van der Waals surface area contributed by atoms with Gasteiger partial charge in [0.2, 0.25) is 5.95 Å². The zero-order valence-corrected chi connectivity index (χ0v) is 14.6. The smallest absolute Gasteiger partial charge is 0.227 e. The third-order valence-corrected chi connectivity index (χ3v) is 4.72. The molecule has 26 heavy (non-hydrogen) atoms. The van der Waals surface area contributed by atoms with Gasteiger partial charge in [-0.3, -0.25) is 0 Å². The minimum atomic E-state index is 0.642. The predicted molar refractivity (Wildman–Crippen MR) is 98.4 cm³/mol. The molecule has 0 aromatic carbocycles. The van der Waals surface area contributed by atoms with Crippen molar-refractivity contribution in [2.75, 3.05) is 67.2 Å². The quantitative estimate of drug-likeness (QED) is 0.807. The lowest BCUT2D eigenvalue weighted by Gasteiger charge is -2.36. The molecule has 2 aliphatic heterocycles. The number of hydrogen-bond donors (Lipinski definition) is 0. The Morgan fingerprint density at radius 2 is 1.54 bits per heavy atom. The molecule has 134 valence electrons. The van der Waals surface area contributed by atoms with Gasteiger partial charge in [0, 0.05) is 51.7 Å². The van der Waals surface area contributed by atoms with Crippen LogP contribution in [0.25, 0.3) is 0 Å². The second-order valence-corrected chi connectivity index (χ2v) is 6.30. The molecule has 0 spiro atoms. The second-order valence-electron chi connectivity index (χ2n) is 6.30. The van der Waals surface area contributed by atoms with Crippen molar-refractivity contribution in [2.24, 2.45) is 0 Å². The van der Waals surface area contributed by atoms with Crippen LogP contribution in [0.5, 0.6) is 0 Å². The fraction of sp³-hybridized carbons (Fsp3) is 0.444. The maximum Gasteiger partial charge on any atom is 0.227 e. The summed E-state index contributed by atoms with van der Waals surface area (Å²) in [6.45, 7) is 6.52. The van der Waals surface area contributed by atoms with Crippen LogP contribution in [0.1, 0.15) is 5.56 Å². The Balaban J connectivity index is 1.42. The van der Waals surface area contributed by atoms with Crippen molar-refractivity contribution >= 4 is 17.6 Å². The molecule has 0 bridgehead atoms. The van der Waals surface area contributed by atoms with Crippen LogP contribution in [0.3, 0.4) is 0 Å². The van der Waals surface area contributed by atoms with Crippen LogP contribution in [0.15, 0.2) is 30.6 Å². The predicted octanol–water partition coefficient (Wildman–Crippen LogP) is 0.906. The van der Waals surface area contributed by atoms with Crippen LogP contribution in [0.2, 0.25) is 0 Å². The first kappa shape index (κ1) is 16.5. The Hall–Kier alpha value is -2.92. The van der Waals surface area contributed by atoms with Crippen molar-refractivity contribution in [3.63, 3.8) is 0 Å². The van der Waals surface area contributed by atoms with E-state index in [1.54, 1.807) is 12.3 Å². The lowest BCUT2D eigenvalue weighted by molar-refractivity contribution is 0.122. The highest BCUT2D eigenvalue weighted by Gasteiger charge is 2.21. The molecule has 0 unspecified atom stereocenters. The number of pyridine rings is 1. The molecule has 0 saturated carbocycles. The molecule has 8 heteroatoms. The van der Waals surface area contributed by atoms with Crippen LogP contribution < -0.4 is 14.7 Å². The van der Waals surface area contributed by atoms with Crippen LogP contribution in [-0.2, 0) is 4.74 Å². The largest absolute Gasteiger partial charge is 0.378 e. The fourth-order valence-electron chi connectivity index (χ4n) is 3.26. The number of hydrogen-bond acceptors (Lipinski definition) is 8. The fourth-order valence-corrected chi connectivity index (χ4v) is 3.26. The van der Waals surface area contributed by atoms with Gasteiger partial charge in [-0.25, -0.2) is 9.97 Å². The highest BCUT2D eigenvalue weighted by atomic mass is 16.5. The molecule has 8 nitrogen and oxygen atoms in total. The second kappa shape index (κ2) is 7.54. The average Bonchev–Trinajstić information content (AvgIpc) is 2.75. The molecular weight excluding hydrogens is 330 g/mol. The van der Waals surface area contributed by atoms with Gasteiger partial charge in [-0.15, -0.1) is 0 Å². The van der Waals surface area contributed by atoms with Crippen LogP contribution >= 0.6 is 0 Å². The zero-order chi connectivity index (χ0) is 17.8. The van der Waals surface area contributed by atoms with Crippen molar-refractivity contribution in [2.45, 2.75) is 0 Å². The number of rotatable bonds is 3. The molecule has 2 fully saturated rings. The van der Waals surface area contributed by atoms with E-state index in [9.17, 15) is 0 Å². The first-order valence-corrected chi connectivity index (χ1v) is 8.85. The van der Waals surface area contributed by atoms with Crippen LogP contribution in [0, 0.1) is 11.3 Å². The highest BCUT2D eigenvalue weighted by Crippen LogP contribution is 2.20. The monoisotopic (exact) mass is 351 g/mol. The number of ether oxygens (including phenoxy) is 1. The Morgan fingerprint density at radius 1 is 0.846 bits per heavy atom. The van der Waals surface area contributed by atoms with Gasteiger partial charge in [0.05, 0.1) is 24.8 Å². The van der Waals surface area contributed by atoms with Gasteiger partial charge in [0.1, 0.15) is 11.6 Å². The van der Waals surface area contributed by atoms with Crippen LogP contribution in [-0.4, -0.2) is 67.4 Å². The van der Waals surface area contributed by atoms with Crippen molar-refractivity contribution in [1.82, 2.24) is 15.0 Å². The Morgan fingerprint density at radius 3 is 2.27 bits per heavy atom. The first-order valence-electron chi connectivity index (χ1n) is 8.85. The maximum atomic E-state index is 9.05. The van der Waals surface area contributed by atoms with Gasteiger partial charge >= 0.3 is 0 Å². The number of aromatic nitrogens is 3. The topological polar surface area (TPSA) is 81.4 Å². The normalized spacial score (nSPS) is 17.9. The van der Waals surface area contributed by atoms with E-state index < -0.39 is 0 Å². The van der Waals surface area contributed by atoms with E-state index in [2.05, 4.69) is 30.7 Å². The summed E-state index contributed by atoms with van der Waals surface area (Å²) >= 11 is 0.